The number of hydrogen-bond donors (Lipinski definition) is 2. The molecule has 1 unspecified atom stereocenters. The molecule has 1 aliphatic carbocycles. The number of anilines is 3. The van der Waals surface area contributed by atoms with Crippen LogP contribution in [-0.4, -0.2) is 56.4 Å². The van der Waals surface area contributed by atoms with Crippen molar-refractivity contribution in [2.24, 2.45) is 0 Å². The molecule has 1 aliphatic heterocycles. The third-order valence-electron chi connectivity index (χ3n) is 6.53. The Kier molecular flexibility index (Phi) is 5.81. The minimum Gasteiger partial charge on any atom is -0.376 e. The van der Waals surface area contributed by atoms with Crippen LogP contribution in [0.2, 0.25) is 0 Å². The highest BCUT2D eigenvalue weighted by Gasteiger charge is 2.57. The number of alkyl halides is 3. The monoisotopic (exact) mass is 502 g/mol. The van der Waals surface area contributed by atoms with Gasteiger partial charge >= 0.3 is 6.18 Å². The van der Waals surface area contributed by atoms with Crippen molar-refractivity contribution in [2.45, 2.75) is 50.7 Å². The topological polar surface area (TPSA) is 110 Å². The number of carbonyl (C=O) groups is 1. The number of aryl methyl sites for hydroxylation is 1. The van der Waals surface area contributed by atoms with Crippen molar-refractivity contribution in [3.8, 4) is 0 Å². The summed E-state index contributed by atoms with van der Waals surface area (Å²) in [5, 5.41) is 10.4. The van der Waals surface area contributed by atoms with E-state index >= 15 is 0 Å². The Morgan fingerprint density at radius 3 is 2.64 bits per heavy atom. The van der Waals surface area contributed by atoms with Gasteiger partial charge in [0.2, 0.25) is 11.9 Å². The molecule has 1 atom stereocenters. The number of methoxy groups -OCH3 is 1. The second-order valence-electron chi connectivity index (χ2n) is 9.05. The van der Waals surface area contributed by atoms with Crippen LogP contribution in [0.25, 0.3) is 0 Å². The molecule has 0 saturated heterocycles. The zero-order chi connectivity index (χ0) is 25.7. The minimum atomic E-state index is -4.47. The van der Waals surface area contributed by atoms with Crippen molar-refractivity contribution in [3.63, 3.8) is 0 Å². The van der Waals surface area contributed by atoms with E-state index in [4.69, 9.17) is 4.74 Å². The molecule has 190 valence electrons. The van der Waals surface area contributed by atoms with Gasteiger partial charge in [-0.2, -0.15) is 23.3 Å². The normalized spacial score (nSPS) is 18.6. The maximum atomic E-state index is 12.8. The second kappa shape index (κ2) is 8.73. The van der Waals surface area contributed by atoms with Crippen molar-refractivity contribution >= 4 is 23.4 Å². The molecular formula is C23H25F3N8O2. The van der Waals surface area contributed by atoms with Crippen LogP contribution in [0.4, 0.5) is 30.6 Å². The summed E-state index contributed by atoms with van der Waals surface area (Å²) in [6, 6.07) is 1.87. The first kappa shape index (κ1) is 24.0. The molecule has 5 rings (SSSR count). The predicted octanol–water partition coefficient (Wildman–Crippen LogP) is 2.99. The number of aromatic nitrogens is 5. The third kappa shape index (κ3) is 4.45. The van der Waals surface area contributed by atoms with Gasteiger partial charge < -0.3 is 20.3 Å². The Labute approximate surface area is 204 Å². The Morgan fingerprint density at radius 2 is 2.00 bits per heavy atom. The largest absolute Gasteiger partial charge is 0.433 e. The third-order valence-corrected chi connectivity index (χ3v) is 6.53. The highest BCUT2D eigenvalue weighted by atomic mass is 19.4. The van der Waals surface area contributed by atoms with E-state index in [2.05, 4.69) is 30.7 Å². The fraction of sp³-hybridized carbons (Fsp3) is 0.435. The molecule has 0 aromatic carbocycles. The zero-order valence-corrected chi connectivity index (χ0v) is 19.9. The number of rotatable bonds is 7. The lowest BCUT2D eigenvalue weighted by molar-refractivity contribution is -0.141. The van der Waals surface area contributed by atoms with Crippen molar-refractivity contribution < 1.29 is 22.7 Å². The van der Waals surface area contributed by atoms with Crippen LogP contribution in [0.3, 0.4) is 0 Å². The van der Waals surface area contributed by atoms with Gasteiger partial charge in [0, 0.05) is 38.7 Å². The molecule has 3 aromatic rings. The van der Waals surface area contributed by atoms with Crippen LogP contribution in [0.1, 0.15) is 35.4 Å². The lowest BCUT2D eigenvalue weighted by Gasteiger charge is -2.38. The number of ether oxygens (including phenoxy) is 1. The van der Waals surface area contributed by atoms with Crippen LogP contribution >= 0.6 is 0 Å². The SMILES string of the molecule is COC1(C2C(=O)Nc3c(C)nc(NCc4cnn(Cc5ccc(C(F)(F)F)nc5)c4)nc3N2C)CC1. The number of nitrogens with one attached hydrogen (secondary N) is 2. The van der Waals surface area contributed by atoms with Crippen molar-refractivity contribution in [1.82, 2.24) is 24.7 Å². The molecular weight excluding hydrogens is 477 g/mol. The predicted molar refractivity (Wildman–Crippen MR) is 124 cm³/mol. The first-order valence-corrected chi connectivity index (χ1v) is 11.3. The Hall–Kier alpha value is -3.74. The van der Waals surface area contributed by atoms with Crippen LogP contribution in [0.15, 0.2) is 30.7 Å². The summed E-state index contributed by atoms with van der Waals surface area (Å²) < 4.78 is 45.4. The number of likely N-dealkylation sites (N-methyl/N-ethyl adjacent to an activating group) is 1. The number of pyridine rings is 1. The fourth-order valence-corrected chi connectivity index (χ4v) is 4.47. The number of hydrogen-bond acceptors (Lipinski definition) is 8. The lowest BCUT2D eigenvalue weighted by atomic mass is 10.0. The van der Waals surface area contributed by atoms with E-state index in [0.717, 1.165) is 24.5 Å². The fourth-order valence-electron chi connectivity index (χ4n) is 4.47. The molecule has 13 heteroatoms. The van der Waals surface area contributed by atoms with E-state index < -0.39 is 23.5 Å². The van der Waals surface area contributed by atoms with Crippen molar-refractivity contribution in [2.75, 3.05) is 29.7 Å². The van der Waals surface area contributed by atoms with Crippen molar-refractivity contribution in [1.29, 1.82) is 0 Å². The molecule has 0 radical (unpaired) electrons. The second-order valence-corrected chi connectivity index (χ2v) is 9.05. The summed E-state index contributed by atoms with van der Waals surface area (Å²) in [5.74, 6) is 0.880. The molecule has 2 N–H and O–H groups in total. The summed E-state index contributed by atoms with van der Waals surface area (Å²) in [6.07, 6.45) is 1.79. The Balaban J connectivity index is 1.26. The van der Waals surface area contributed by atoms with Gasteiger partial charge in [0.15, 0.2) is 5.82 Å². The van der Waals surface area contributed by atoms with Crippen LogP contribution in [0.5, 0.6) is 0 Å². The first-order chi connectivity index (χ1) is 17.1. The maximum Gasteiger partial charge on any atom is 0.433 e. The molecule has 1 amide bonds. The van der Waals surface area contributed by atoms with Gasteiger partial charge in [-0.3, -0.25) is 14.5 Å². The standard InChI is InChI=1S/C23H25F3N8O2/c1-13-17-19(33(2)18(20(35)31-17)22(36-3)6-7-22)32-21(30-13)28-9-15-10-29-34(12-15)11-14-4-5-16(27-8-14)23(24,25)26/h4-5,8,10,12,18H,6-7,9,11H2,1-3H3,(H,31,35)(H,28,30,32). The molecule has 3 aromatic heterocycles. The summed E-state index contributed by atoms with van der Waals surface area (Å²) >= 11 is 0. The molecule has 1 saturated carbocycles. The number of fused-ring (bicyclic) bond motifs is 1. The zero-order valence-electron chi connectivity index (χ0n) is 19.9. The quantitative estimate of drug-likeness (QED) is 0.508. The number of carbonyl (C=O) groups excluding carboxylic acids is 1. The number of amides is 1. The van der Waals surface area contributed by atoms with Crippen LogP contribution in [0, 0.1) is 6.92 Å². The molecule has 4 heterocycles. The van der Waals surface area contributed by atoms with E-state index in [1.54, 1.807) is 31.1 Å². The number of nitrogens with zero attached hydrogens (tertiary/aromatic N) is 6. The van der Waals surface area contributed by atoms with Gasteiger partial charge in [0.1, 0.15) is 17.4 Å². The Morgan fingerprint density at radius 1 is 1.22 bits per heavy atom. The molecule has 10 nitrogen and oxygen atoms in total. The van der Waals surface area contributed by atoms with Gasteiger partial charge in [-0.25, -0.2) is 4.98 Å². The molecule has 2 aliphatic rings. The summed E-state index contributed by atoms with van der Waals surface area (Å²) in [4.78, 5) is 27.2. The van der Waals surface area contributed by atoms with E-state index in [1.807, 2.05) is 11.9 Å². The summed E-state index contributed by atoms with van der Waals surface area (Å²) in [6.45, 7) is 2.47. The summed E-state index contributed by atoms with van der Waals surface area (Å²) in [5.41, 5.74) is 1.22. The van der Waals surface area contributed by atoms with E-state index in [1.165, 1.54) is 12.3 Å². The molecule has 0 bridgehead atoms. The van der Waals surface area contributed by atoms with Gasteiger partial charge in [0.05, 0.1) is 24.0 Å². The van der Waals surface area contributed by atoms with E-state index in [0.29, 0.717) is 35.3 Å². The van der Waals surface area contributed by atoms with Gasteiger partial charge in [0.25, 0.3) is 0 Å². The first-order valence-electron chi connectivity index (χ1n) is 11.3. The highest BCUT2D eigenvalue weighted by molar-refractivity contribution is 6.04. The van der Waals surface area contributed by atoms with Crippen LogP contribution < -0.4 is 15.5 Å². The highest BCUT2D eigenvalue weighted by Crippen LogP contribution is 2.47. The maximum absolute atomic E-state index is 12.8. The minimum absolute atomic E-state index is 0.132. The van der Waals surface area contributed by atoms with E-state index in [-0.39, 0.29) is 12.5 Å². The average Bonchev–Trinajstić information content (AvgIpc) is 3.49. The van der Waals surface area contributed by atoms with Crippen molar-refractivity contribution in [3.05, 3.63) is 53.2 Å². The van der Waals surface area contributed by atoms with Gasteiger partial charge in [-0.1, -0.05) is 6.07 Å². The molecule has 1 fully saturated rings. The number of halogens is 3. The summed E-state index contributed by atoms with van der Waals surface area (Å²) in [7, 11) is 3.45. The van der Waals surface area contributed by atoms with Crippen LogP contribution in [-0.2, 0) is 28.8 Å². The molecule has 36 heavy (non-hydrogen) atoms. The van der Waals surface area contributed by atoms with Gasteiger partial charge in [-0.15, -0.1) is 0 Å². The Bertz CT molecular complexity index is 1290. The average molecular weight is 503 g/mol. The smallest absolute Gasteiger partial charge is 0.376 e. The van der Waals surface area contributed by atoms with Gasteiger partial charge in [-0.05, 0) is 31.4 Å². The lowest BCUT2D eigenvalue weighted by Crippen LogP contribution is -2.55. The molecule has 0 spiro atoms. The van der Waals surface area contributed by atoms with E-state index in [9.17, 15) is 18.0 Å².